The lowest BCUT2D eigenvalue weighted by Gasteiger charge is -2.10. The fourth-order valence-electron chi connectivity index (χ4n) is 1.65. The van der Waals surface area contributed by atoms with Crippen molar-refractivity contribution in [1.82, 2.24) is 0 Å². The van der Waals surface area contributed by atoms with E-state index in [2.05, 4.69) is 0 Å². The Morgan fingerprint density at radius 1 is 0.947 bits per heavy atom. The van der Waals surface area contributed by atoms with Crippen molar-refractivity contribution >= 4 is 52.4 Å². The maximum atomic E-state index is 11.0. The molecule has 0 amide bonds. The molecule has 0 aliphatic carbocycles. The number of carbonyl (C=O) groups is 1. The van der Waals surface area contributed by atoms with E-state index >= 15 is 0 Å². The van der Waals surface area contributed by atoms with Crippen LogP contribution < -0.4 is 0 Å². The largest absolute Gasteiger partial charge is 0.478 e. The predicted octanol–water partition coefficient (Wildman–Crippen LogP) is 5.67. The van der Waals surface area contributed by atoms with Gasteiger partial charge in [-0.25, -0.2) is 4.79 Å². The molecule has 0 bridgehead atoms. The molecule has 0 saturated carbocycles. The topological polar surface area (TPSA) is 37.3 Å². The zero-order valence-electron chi connectivity index (χ0n) is 9.25. The molecule has 2 nitrogen and oxygen atoms in total. The van der Waals surface area contributed by atoms with Gasteiger partial charge in [-0.3, -0.25) is 0 Å². The van der Waals surface area contributed by atoms with Crippen molar-refractivity contribution in [2.45, 2.75) is 0 Å². The van der Waals surface area contributed by atoms with E-state index < -0.39 is 5.97 Å². The minimum Gasteiger partial charge on any atom is -0.478 e. The van der Waals surface area contributed by atoms with Crippen molar-refractivity contribution in [1.29, 1.82) is 0 Å². The number of carboxylic acid groups (broad SMARTS) is 1. The number of rotatable bonds is 2. The number of carboxylic acids is 1. The molecule has 0 spiro atoms. The van der Waals surface area contributed by atoms with Crippen LogP contribution in [0.1, 0.15) is 10.4 Å². The van der Waals surface area contributed by atoms with Gasteiger partial charge in [-0.1, -0.05) is 46.4 Å². The van der Waals surface area contributed by atoms with Gasteiger partial charge in [-0.2, -0.15) is 0 Å². The first-order chi connectivity index (χ1) is 8.90. The first-order valence-corrected chi connectivity index (χ1v) is 6.59. The summed E-state index contributed by atoms with van der Waals surface area (Å²) in [5.74, 6) is -1.09. The van der Waals surface area contributed by atoms with E-state index in [9.17, 15) is 4.79 Å². The van der Waals surface area contributed by atoms with Crippen LogP contribution in [0.5, 0.6) is 0 Å². The minimum absolute atomic E-state index is 0.0506. The van der Waals surface area contributed by atoms with Crippen LogP contribution in [0.4, 0.5) is 0 Å². The Balaban J connectivity index is 2.72. The molecule has 98 valence electrons. The Labute approximate surface area is 129 Å². The Morgan fingerprint density at radius 3 is 2.21 bits per heavy atom. The Morgan fingerprint density at radius 2 is 1.58 bits per heavy atom. The van der Waals surface area contributed by atoms with Crippen molar-refractivity contribution in [3.8, 4) is 11.1 Å². The Kier molecular flexibility index (Phi) is 4.26. The first kappa shape index (κ1) is 14.5. The molecule has 2 aromatic carbocycles. The molecular formula is C13H6Cl4O2. The fraction of sp³-hybridized carbons (Fsp3) is 0. The molecule has 0 aliphatic rings. The molecule has 0 aromatic heterocycles. The van der Waals surface area contributed by atoms with E-state index in [0.717, 1.165) is 0 Å². The third-order valence-corrected chi connectivity index (χ3v) is 3.81. The van der Waals surface area contributed by atoms with E-state index in [-0.39, 0.29) is 15.6 Å². The molecule has 6 heteroatoms. The van der Waals surface area contributed by atoms with Crippen molar-refractivity contribution in [2.75, 3.05) is 0 Å². The quantitative estimate of drug-likeness (QED) is 0.718. The zero-order chi connectivity index (χ0) is 14.2. The van der Waals surface area contributed by atoms with E-state index in [1.165, 1.54) is 12.1 Å². The van der Waals surface area contributed by atoms with Crippen LogP contribution in [0, 0.1) is 0 Å². The molecule has 2 aromatic rings. The van der Waals surface area contributed by atoms with Crippen molar-refractivity contribution in [3.05, 3.63) is 56.0 Å². The third-order valence-electron chi connectivity index (χ3n) is 2.48. The molecule has 2 rings (SSSR count). The number of hydrogen-bond acceptors (Lipinski definition) is 1. The summed E-state index contributed by atoms with van der Waals surface area (Å²) >= 11 is 24.0. The van der Waals surface area contributed by atoms with Gasteiger partial charge in [0.15, 0.2) is 0 Å². The Hall–Kier alpha value is -0.930. The highest BCUT2D eigenvalue weighted by molar-refractivity contribution is 6.46. The van der Waals surface area contributed by atoms with E-state index in [4.69, 9.17) is 51.5 Å². The number of aromatic carboxylic acids is 1. The summed E-state index contributed by atoms with van der Waals surface area (Å²) < 4.78 is 0. The maximum Gasteiger partial charge on any atom is 0.335 e. The first-order valence-electron chi connectivity index (χ1n) is 5.08. The molecule has 1 N–H and O–H groups in total. The molecular weight excluding hydrogens is 330 g/mol. The lowest BCUT2D eigenvalue weighted by Crippen LogP contribution is -1.96. The molecule has 0 saturated heterocycles. The third kappa shape index (κ3) is 2.98. The predicted molar refractivity (Wildman–Crippen MR) is 78.9 cm³/mol. The van der Waals surface area contributed by atoms with E-state index in [0.29, 0.717) is 21.2 Å². The van der Waals surface area contributed by atoms with Crippen LogP contribution in [0.2, 0.25) is 20.1 Å². The van der Waals surface area contributed by atoms with Gasteiger partial charge in [0.25, 0.3) is 0 Å². The summed E-state index contributed by atoms with van der Waals surface area (Å²) in [5.41, 5.74) is 1.01. The summed E-state index contributed by atoms with van der Waals surface area (Å²) in [6.07, 6.45) is 0. The number of benzene rings is 2. The smallest absolute Gasteiger partial charge is 0.335 e. The van der Waals surface area contributed by atoms with Gasteiger partial charge >= 0.3 is 5.97 Å². The van der Waals surface area contributed by atoms with Crippen LogP contribution in [-0.2, 0) is 0 Å². The average molecular weight is 336 g/mol. The zero-order valence-corrected chi connectivity index (χ0v) is 12.3. The molecule has 0 fully saturated rings. The molecule has 0 unspecified atom stereocenters. The van der Waals surface area contributed by atoms with Crippen molar-refractivity contribution < 1.29 is 9.90 Å². The molecule has 19 heavy (non-hydrogen) atoms. The second-order valence-corrected chi connectivity index (χ2v) is 5.38. The Bertz CT molecular complexity index is 668. The summed E-state index contributed by atoms with van der Waals surface area (Å²) in [5, 5.41) is 10.3. The number of hydrogen-bond donors (Lipinski definition) is 1. The van der Waals surface area contributed by atoms with Crippen molar-refractivity contribution in [2.24, 2.45) is 0 Å². The van der Waals surface area contributed by atoms with Crippen LogP contribution in [0.25, 0.3) is 11.1 Å². The number of halogens is 4. The minimum atomic E-state index is -1.09. The second-order valence-electron chi connectivity index (χ2n) is 3.75. The van der Waals surface area contributed by atoms with Crippen LogP contribution >= 0.6 is 46.4 Å². The summed E-state index contributed by atoms with van der Waals surface area (Å²) in [7, 11) is 0. The highest BCUT2D eigenvalue weighted by Gasteiger charge is 2.15. The lowest BCUT2D eigenvalue weighted by molar-refractivity contribution is 0.0697. The summed E-state index contributed by atoms with van der Waals surface area (Å²) in [6, 6.07) is 7.53. The molecule has 0 aliphatic heterocycles. The summed E-state index contributed by atoms with van der Waals surface area (Å²) in [4.78, 5) is 11.0. The monoisotopic (exact) mass is 334 g/mol. The van der Waals surface area contributed by atoms with Crippen molar-refractivity contribution in [3.63, 3.8) is 0 Å². The summed E-state index contributed by atoms with van der Waals surface area (Å²) in [6.45, 7) is 0. The SMILES string of the molecule is O=C(O)c1cc(Cl)cc(-c2c(Cl)ccc(Cl)c2Cl)c1. The van der Waals surface area contributed by atoms with Gasteiger partial charge in [0.1, 0.15) is 0 Å². The van der Waals surface area contributed by atoms with Gasteiger partial charge in [-0.15, -0.1) is 0 Å². The van der Waals surface area contributed by atoms with Gasteiger partial charge in [0, 0.05) is 15.6 Å². The van der Waals surface area contributed by atoms with Crippen LogP contribution in [0.3, 0.4) is 0 Å². The van der Waals surface area contributed by atoms with Gasteiger partial charge in [-0.05, 0) is 35.9 Å². The molecule has 0 atom stereocenters. The second kappa shape index (κ2) is 5.59. The molecule has 0 heterocycles. The van der Waals surface area contributed by atoms with Crippen LogP contribution in [0.15, 0.2) is 30.3 Å². The standard InChI is InChI=1S/C13H6Cl4O2/c14-8-4-6(3-7(5-8)13(18)19)11-9(15)1-2-10(16)12(11)17/h1-5H,(H,18,19). The normalized spacial score (nSPS) is 10.5. The highest BCUT2D eigenvalue weighted by atomic mass is 35.5. The fourth-order valence-corrected chi connectivity index (χ4v) is 2.63. The average Bonchev–Trinajstić information content (AvgIpc) is 2.34. The van der Waals surface area contributed by atoms with Gasteiger partial charge in [0.05, 0.1) is 15.6 Å². The maximum absolute atomic E-state index is 11.0. The van der Waals surface area contributed by atoms with Gasteiger partial charge < -0.3 is 5.11 Å². The lowest BCUT2D eigenvalue weighted by atomic mass is 10.0. The van der Waals surface area contributed by atoms with E-state index in [1.807, 2.05) is 0 Å². The van der Waals surface area contributed by atoms with E-state index in [1.54, 1.807) is 18.2 Å². The van der Waals surface area contributed by atoms with Gasteiger partial charge in [0.2, 0.25) is 0 Å². The molecule has 0 radical (unpaired) electrons. The highest BCUT2D eigenvalue weighted by Crippen LogP contribution is 2.40. The van der Waals surface area contributed by atoms with Crippen LogP contribution in [-0.4, -0.2) is 11.1 Å².